The molecule has 1 heterocycles. The van der Waals surface area contributed by atoms with Crippen molar-refractivity contribution in [1.29, 1.82) is 0 Å². The third-order valence-electron chi connectivity index (χ3n) is 3.34. The lowest BCUT2D eigenvalue weighted by Gasteiger charge is -2.40. The lowest BCUT2D eigenvalue weighted by Crippen LogP contribution is -2.55. The van der Waals surface area contributed by atoms with Gasteiger partial charge in [-0.25, -0.2) is 0 Å². The number of carbonyl (C=O) groups excluding carboxylic acids is 1. The fourth-order valence-electron chi connectivity index (χ4n) is 1.97. The van der Waals surface area contributed by atoms with Crippen molar-refractivity contribution in [2.45, 2.75) is 30.1 Å². The van der Waals surface area contributed by atoms with Crippen LogP contribution in [0.15, 0.2) is 0 Å². The molecule has 4 heteroatoms. The van der Waals surface area contributed by atoms with Crippen molar-refractivity contribution in [3.63, 3.8) is 0 Å². The Morgan fingerprint density at radius 1 is 1.64 bits per heavy atom. The van der Waals surface area contributed by atoms with Crippen LogP contribution in [0.4, 0.5) is 0 Å². The molecule has 2 rings (SSSR count). The fraction of sp³-hybridized carbons (Fsp3) is 0.900. The maximum absolute atomic E-state index is 11.3. The van der Waals surface area contributed by atoms with Gasteiger partial charge in [-0.15, -0.1) is 0 Å². The van der Waals surface area contributed by atoms with Crippen molar-refractivity contribution < 1.29 is 9.53 Å². The summed E-state index contributed by atoms with van der Waals surface area (Å²) in [6, 6.07) is 0.0459. The molecule has 0 aromatic carbocycles. The van der Waals surface area contributed by atoms with Crippen LogP contribution in [-0.2, 0) is 9.53 Å². The first kappa shape index (κ1) is 10.3. The molecule has 1 saturated carbocycles. The topological polar surface area (TPSA) is 29.5 Å². The molecule has 2 fully saturated rings. The first-order valence-electron chi connectivity index (χ1n) is 5.08. The molecule has 1 aliphatic carbocycles. The number of hydrogen-bond donors (Lipinski definition) is 0. The highest BCUT2D eigenvalue weighted by Gasteiger charge is 2.47. The maximum atomic E-state index is 11.3. The molecular weight excluding hydrogens is 198 g/mol. The van der Waals surface area contributed by atoms with Gasteiger partial charge in [-0.05, 0) is 25.5 Å². The number of rotatable bonds is 4. The van der Waals surface area contributed by atoms with Crippen LogP contribution < -0.4 is 0 Å². The molecule has 1 unspecified atom stereocenters. The summed E-state index contributed by atoms with van der Waals surface area (Å²) in [5, 5.41) is 0. The lowest BCUT2D eigenvalue weighted by molar-refractivity contribution is -0.151. The zero-order chi connectivity index (χ0) is 10.2. The van der Waals surface area contributed by atoms with Crippen molar-refractivity contribution in [2.24, 2.45) is 0 Å². The molecule has 1 atom stereocenters. The van der Waals surface area contributed by atoms with Gasteiger partial charge in [0.25, 0.3) is 0 Å². The van der Waals surface area contributed by atoms with E-state index in [9.17, 15) is 4.79 Å². The molecule has 1 aliphatic heterocycles. The Morgan fingerprint density at radius 2 is 2.36 bits per heavy atom. The molecule has 0 aromatic heterocycles. The lowest BCUT2D eigenvalue weighted by atomic mass is 10.0. The standard InChI is InChI=1S/C10H17NO2S/c1-13-9(12)8-3-6-11(8)7-10(14-2)4-5-10/h8H,3-7H2,1-2H3. The normalized spacial score (nSPS) is 29.4. The van der Waals surface area contributed by atoms with Crippen LogP contribution in [0.2, 0.25) is 0 Å². The van der Waals surface area contributed by atoms with Gasteiger partial charge in [-0.1, -0.05) is 0 Å². The Labute approximate surface area is 89.2 Å². The Kier molecular flexibility index (Phi) is 2.75. The minimum absolute atomic E-state index is 0.0459. The van der Waals surface area contributed by atoms with Crippen molar-refractivity contribution in [1.82, 2.24) is 4.90 Å². The van der Waals surface area contributed by atoms with Crippen molar-refractivity contribution in [3.05, 3.63) is 0 Å². The average molecular weight is 215 g/mol. The minimum atomic E-state index is -0.0619. The van der Waals surface area contributed by atoms with Gasteiger partial charge >= 0.3 is 5.97 Å². The molecule has 0 aromatic rings. The van der Waals surface area contributed by atoms with E-state index in [1.54, 1.807) is 0 Å². The number of hydrogen-bond acceptors (Lipinski definition) is 4. The van der Waals surface area contributed by atoms with E-state index < -0.39 is 0 Å². The Hall–Kier alpha value is -0.220. The zero-order valence-corrected chi connectivity index (χ0v) is 9.60. The predicted octanol–water partition coefficient (Wildman–Crippen LogP) is 1.13. The second-order valence-electron chi connectivity index (χ2n) is 4.19. The van der Waals surface area contributed by atoms with Crippen LogP contribution in [-0.4, -0.2) is 48.1 Å². The smallest absolute Gasteiger partial charge is 0.323 e. The van der Waals surface area contributed by atoms with Crippen LogP contribution in [0.5, 0.6) is 0 Å². The van der Waals surface area contributed by atoms with E-state index in [1.807, 2.05) is 11.8 Å². The van der Waals surface area contributed by atoms with Crippen molar-refractivity contribution >= 4 is 17.7 Å². The minimum Gasteiger partial charge on any atom is -0.468 e. The van der Waals surface area contributed by atoms with E-state index in [4.69, 9.17) is 4.74 Å². The largest absolute Gasteiger partial charge is 0.468 e. The summed E-state index contributed by atoms with van der Waals surface area (Å²) in [5.74, 6) is -0.0619. The Balaban J connectivity index is 1.85. The summed E-state index contributed by atoms with van der Waals surface area (Å²) in [7, 11) is 1.47. The van der Waals surface area contributed by atoms with E-state index >= 15 is 0 Å². The molecule has 1 saturated heterocycles. The van der Waals surface area contributed by atoms with E-state index in [2.05, 4.69) is 11.2 Å². The van der Waals surface area contributed by atoms with Crippen LogP contribution in [0.25, 0.3) is 0 Å². The van der Waals surface area contributed by atoms with Crippen LogP contribution in [0.1, 0.15) is 19.3 Å². The summed E-state index contributed by atoms with van der Waals surface area (Å²) in [4.78, 5) is 13.6. The van der Waals surface area contributed by atoms with Crippen LogP contribution in [0.3, 0.4) is 0 Å². The summed E-state index contributed by atoms with van der Waals surface area (Å²) in [6.45, 7) is 2.12. The highest BCUT2D eigenvalue weighted by molar-refractivity contribution is 8.00. The predicted molar refractivity (Wildman–Crippen MR) is 57.5 cm³/mol. The molecule has 0 radical (unpaired) electrons. The Morgan fingerprint density at radius 3 is 2.71 bits per heavy atom. The molecular formula is C10H17NO2S. The van der Waals surface area contributed by atoms with Gasteiger partial charge < -0.3 is 4.74 Å². The zero-order valence-electron chi connectivity index (χ0n) is 8.78. The van der Waals surface area contributed by atoms with Gasteiger partial charge in [0.2, 0.25) is 0 Å². The molecule has 3 nitrogen and oxygen atoms in total. The van der Waals surface area contributed by atoms with Crippen molar-refractivity contribution in [3.8, 4) is 0 Å². The van der Waals surface area contributed by atoms with Gasteiger partial charge in [-0.3, -0.25) is 9.69 Å². The van der Waals surface area contributed by atoms with Crippen LogP contribution in [0, 0.1) is 0 Å². The van der Waals surface area contributed by atoms with E-state index in [1.165, 1.54) is 20.0 Å². The molecule has 14 heavy (non-hydrogen) atoms. The van der Waals surface area contributed by atoms with Crippen molar-refractivity contribution in [2.75, 3.05) is 26.5 Å². The second-order valence-corrected chi connectivity index (χ2v) is 5.46. The molecule has 0 amide bonds. The van der Waals surface area contributed by atoms with Crippen LogP contribution >= 0.6 is 11.8 Å². The number of esters is 1. The van der Waals surface area contributed by atoms with Gasteiger partial charge in [0.05, 0.1) is 7.11 Å². The van der Waals surface area contributed by atoms with E-state index in [0.29, 0.717) is 4.75 Å². The number of methoxy groups -OCH3 is 1. The molecule has 2 aliphatic rings. The van der Waals surface area contributed by atoms with Gasteiger partial charge in [0.1, 0.15) is 6.04 Å². The number of thioether (sulfide) groups is 1. The Bertz CT molecular complexity index is 240. The number of carbonyl (C=O) groups is 1. The number of likely N-dealkylation sites (tertiary alicyclic amines) is 1. The first-order valence-corrected chi connectivity index (χ1v) is 6.30. The highest BCUT2D eigenvalue weighted by Crippen LogP contribution is 2.48. The molecule has 80 valence electrons. The summed E-state index contributed by atoms with van der Waals surface area (Å²) in [6.07, 6.45) is 5.74. The summed E-state index contributed by atoms with van der Waals surface area (Å²) in [5.41, 5.74) is 0. The third-order valence-corrected chi connectivity index (χ3v) is 4.74. The molecule has 0 spiro atoms. The SMILES string of the molecule is COC(=O)C1CCN1CC1(SC)CC1. The summed E-state index contributed by atoms with van der Waals surface area (Å²) < 4.78 is 5.23. The molecule has 0 bridgehead atoms. The third kappa shape index (κ3) is 1.77. The number of ether oxygens (including phenoxy) is 1. The first-order chi connectivity index (χ1) is 6.71. The average Bonchev–Trinajstić information content (AvgIpc) is 2.93. The highest BCUT2D eigenvalue weighted by atomic mass is 32.2. The molecule has 0 N–H and O–H groups in total. The monoisotopic (exact) mass is 215 g/mol. The fourth-order valence-corrected chi connectivity index (χ4v) is 2.77. The number of nitrogens with zero attached hydrogens (tertiary/aromatic N) is 1. The van der Waals surface area contributed by atoms with E-state index in [0.717, 1.165) is 19.5 Å². The van der Waals surface area contributed by atoms with Gasteiger partial charge in [0, 0.05) is 17.8 Å². The second kappa shape index (κ2) is 3.74. The van der Waals surface area contributed by atoms with Gasteiger partial charge in [0.15, 0.2) is 0 Å². The van der Waals surface area contributed by atoms with Gasteiger partial charge in [-0.2, -0.15) is 11.8 Å². The van der Waals surface area contributed by atoms with E-state index in [-0.39, 0.29) is 12.0 Å². The quantitative estimate of drug-likeness (QED) is 0.658. The summed E-state index contributed by atoms with van der Waals surface area (Å²) >= 11 is 1.94. The maximum Gasteiger partial charge on any atom is 0.323 e.